The van der Waals surface area contributed by atoms with Crippen molar-refractivity contribution in [2.75, 3.05) is 0 Å². The molecule has 0 N–H and O–H groups in total. The lowest BCUT2D eigenvalue weighted by atomic mass is 10.4. The van der Waals surface area contributed by atoms with Crippen molar-refractivity contribution in [3.05, 3.63) is 30.3 Å². The highest BCUT2D eigenvalue weighted by molar-refractivity contribution is 7.80. The number of benzene rings is 1. The summed E-state index contributed by atoms with van der Waals surface area (Å²) in [4.78, 5) is 0.714. The molecule has 1 atom stereocenters. The van der Waals surface area contributed by atoms with Crippen LogP contribution in [0.1, 0.15) is 13.8 Å². The molecule has 0 saturated carbocycles. The maximum Gasteiger partial charge on any atom is 0.189 e. The Kier molecular flexibility index (Phi) is 3.44. The molecule has 3 heteroatoms. The van der Waals surface area contributed by atoms with Gasteiger partial charge in [-0.3, -0.25) is 4.18 Å². The van der Waals surface area contributed by atoms with Crippen LogP contribution >= 0.6 is 0 Å². The predicted octanol–water partition coefficient (Wildman–Crippen LogP) is 2.13. The molecule has 0 spiro atoms. The van der Waals surface area contributed by atoms with E-state index in [-0.39, 0.29) is 6.10 Å². The van der Waals surface area contributed by atoms with Gasteiger partial charge < -0.3 is 0 Å². The minimum absolute atomic E-state index is 0.00830. The van der Waals surface area contributed by atoms with E-state index < -0.39 is 11.1 Å². The van der Waals surface area contributed by atoms with E-state index in [9.17, 15) is 4.21 Å². The van der Waals surface area contributed by atoms with E-state index in [4.69, 9.17) is 4.18 Å². The SMILES string of the molecule is CC(C)O[S@](=O)c1ccccc1. The molecule has 0 radical (unpaired) electrons. The maximum atomic E-state index is 11.3. The molecule has 0 heterocycles. The van der Waals surface area contributed by atoms with Gasteiger partial charge in [0.15, 0.2) is 11.1 Å². The van der Waals surface area contributed by atoms with E-state index in [0.29, 0.717) is 4.90 Å². The molecule has 2 nitrogen and oxygen atoms in total. The molecule has 0 bridgehead atoms. The van der Waals surface area contributed by atoms with E-state index in [2.05, 4.69) is 0 Å². The zero-order chi connectivity index (χ0) is 8.97. The molecule has 0 fully saturated rings. The first-order chi connectivity index (χ1) is 5.70. The molecule has 0 unspecified atom stereocenters. The van der Waals surface area contributed by atoms with Crippen LogP contribution in [0.5, 0.6) is 0 Å². The Morgan fingerprint density at radius 2 is 1.83 bits per heavy atom. The van der Waals surface area contributed by atoms with Crippen molar-refractivity contribution in [2.45, 2.75) is 24.8 Å². The van der Waals surface area contributed by atoms with Crippen molar-refractivity contribution in [2.24, 2.45) is 0 Å². The molecule has 66 valence electrons. The van der Waals surface area contributed by atoms with Gasteiger partial charge in [-0.25, -0.2) is 4.21 Å². The highest BCUT2D eigenvalue weighted by Crippen LogP contribution is 2.08. The number of rotatable bonds is 3. The summed E-state index contributed by atoms with van der Waals surface area (Å²) in [5, 5.41) is 0. The average molecular weight is 184 g/mol. The molecule has 0 amide bonds. The molecule has 12 heavy (non-hydrogen) atoms. The van der Waals surface area contributed by atoms with Crippen LogP contribution in [0.4, 0.5) is 0 Å². The van der Waals surface area contributed by atoms with Crippen LogP contribution in [0.15, 0.2) is 35.2 Å². The first kappa shape index (κ1) is 9.42. The first-order valence-electron chi connectivity index (χ1n) is 3.84. The molecule has 0 aliphatic heterocycles. The Bertz CT molecular complexity index is 256. The average Bonchev–Trinajstić information content (AvgIpc) is 2.05. The Morgan fingerprint density at radius 1 is 1.25 bits per heavy atom. The second kappa shape index (κ2) is 4.38. The summed E-state index contributed by atoms with van der Waals surface area (Å²) in [6.45, 7) is 3.72. The minimum Gasteiger partial charge on any atom is -0.284 e. The van der Waals surface area contributed by atoms with Gasteiger partial charge in [0, 0.05) is 0 Å². The molecule has 0 aromatic heterocycles. The topological polar surface area (TPSA) is 26.3 Å². The van der Waals surface area contributed by atoms with Crippen LogP contribution < -0.4 is 0 Å². The predicted molar refractivity (Wildman–Crippen MR) is 49.1 cm³/mol. The van der Waals surface area contributed by atoms with Crippen LogP contribution in [0.25, 0.3) is 0 Å². The first-order valence-corrected chi connectivity index (χ1v) is 4.91. The summed E-state index contributed by atoms with van der Waals surface area (Å²) >= 11 is -1.31. The van der Waals surface area contributed by atoms with Gasteiger partial charge in [-0.15, -0.1) is 0 Å². The van der Waals surface area contributed by atoms with Crippen molar-refractivity contribution in [1.29, 1.82) is 0 Å². The lowest BCUT2D eigenvalue weighted by Gasteiger charge is -2.05. The highest BCUT2D eigenvalue weighted by atomic mass is 32.2. The second-order valence-corrected chi connectivity index (χ2v) is 3.83. The summed E-state index contributed by atoms with van der Waals surface area (Å²) in [5.41, 5.74) is 0. The van der Waals surface area contributed by atoms with E-state index in [1.807, 2.05) is 32.0 Å². The fraction of sp³-hybridized carbons (Fsp3) is 0.333. The molecule has 1 rings (SSSR count). The molecule has 0 aliphatic carbocycles. The second-order valence-electron chi connectivity index (χ2n) is 2.69. The lowest BCUT2D eigenvalue weighted by molar-refractivity contribution is 0.270. The van der Waals surface area contributed by atoms with Gasteiger partial charge in [-0.1, -0.05) is 18.2 Å². The molecule has 1 aromatic carbocycles. The standard InChI is InChI=1S/C9H12O2S/c1-8(2)11-12(10)9-6-4-3-5-7-9/h3-8H,1-2H3/t12-/m0/s1. The highest BCUT2D eigenvalue weighted by Gasteiger charge is 2.04. The Balaban J connectivity index is 2.66. The van der Waals surface area contributed by atoms with E-state index in [0.717, 1.165) is 0 Å². The monoisotopic (exact) mass is 184 g/mol. The third-order valence-corrected chi connectivity index (χ3v) is 2.43. The van der Waals surface area contributed by atoms with Gasteiger partial charge in [0.1, 0.15) is 0 Å². The largest absolute Gasteiger partial charge is 0.284 e. The number of hydrogen-bond donors (Lipinski definition) is 0. The van der Waals surface area contributed by atoms with E-state index >= 15 is 0 Å². The van der Waals surface area contributed by atoms with Crippen LogP contribution in [0, 0.1) is 0 Å². The zero-order valence-electron chi connectivity index (χ0n) is 7.19. The van der Waals surface area contributed by atoms with Crippen molar-refractivity contribution >= 4 is 11.1 Å². The summed E-state index contributed by atoms with van der Waals surface area (Å²) in [6.07, 6.45) is -0.00830. The fourth-order valence-electron chi connectivity index (χ4n) is 0.762. The maximum absolute atomic E-state index is 11.3. The number of hydrogen-bond acceptors (Lipinski definition) is 2. The van der Waals surface area contributed by atoms with Crippen molar-refractivity contribution in [3.63, 3.8) is 0 Å². The van der Waals surface area contributed by atoms with Gasteiger partial charge in [0.25, 0.3) is 0 Å². The third-order valence-electron chi connectivity index (χ3n) is 1.22. The van der Waals surface area contributed by atoms with Crippen LogP contribution in [0.3, 0.4) is 0 Å². The summed E-state index contributed by atoms with van der Waals surface area (Å²) in [7, 11) is 0. The van der Waals surface area contributed by atoms with Crippen molar-refractivity contribution in [3.8, 4) is 0 Å². The molecular weight excluding hydrogens is 172 g/mol. The Morgan fingerprint density at radius 3 is 2.33 bits per heavy atom. The van der Waals surface area contributed by atoms with Crippen LogP contribution in [0.2, 0.25) is 0 Å². The Hall–Kier alpha value is -0.670. The van der Waals surface area contributed by atoms with Crippen LogP contribution in [-0.2, 0) is 15.3 Å². The van der Waals surface area contributed by atoms with Crippen LogP contribution in [-0.4, -0.2) is 10.3 Å². The third kappa shape index (κ3) is 2.75. The van der Waals surface area contributed by atoms with Crippen molar-refractivity contribution < 1.29 is 8.39 Å². The van der Waals surface area contributed by atoms with E-state index in [1.165, 1.54) is 0 Å². The zero-order valence-corrected chi connectivity index (χ0v) is 8.01. The molecule has 0 saturated heterocycles. The van der Waals surface area contributed by atoms with Gasteiger partial charge in [-0.05, 0) is 26.0 Å². The minimum atomic E-state index is -1.31. The summed E-state index contributed by atoms with van der Waals surface area (Å²) in [6, 6.07) is 9.15. The van der Waals surface area contributed by atoms with Gasteiger partial charge in [0.2, 0.25) is 0 Å². The summed E-state index contributed by atoms with van der Waals surface area (Å²) in [5.74, 6) is 0. The Labute approximate surface area is 75.2 Å². The normalized spacial score (nSPS) is 13.2. The lowest BCUT2D eigenvalue weighted by Crippen LogP contribution is -2.05. The molecule has 1 aromatic rings. The van der Waals surface area contributed by atoms with E-state index in [1.54, 1.807) is 12.1 Å². The quantitative estimate of drug-likeness (QED) is 0.719. The smallest absolute Gasteiger partial charge is 0.189 e. The van der Waals surface area contributed by atoms with Gasteiger partial charge in [0.05, 0.1) is 11.0 Å². The molecule has 0 aliphatic rings. The fourth-order valence-corrected chi connectivity index (χ4v) is 1.60. The summed E-state index contributed by atoms with van der Waals surface area (Å²) < 4.78 is 16.5. The van der Waals surface area contributed by atoms with Gasteiger partial charge >= 0.3 is 0 Å². The molecular formula is C9H12O2S. The van der Waals surface area contributed by atoms with Gasteiger partial charge in [-0.2, -0.15) is 0 Å². The van der Waals surface area contributed by atoms with Crippen molar-refractivity contribution in [1.82, 2.24) is 0 Å².